The molecule has 0 N–H and O–H groups in total. The van der Waals surface area contributed by atoms with E-state index in [0.29, 0.717) is 31.2 Å². The van der Waals surface area contributed by atoms with E-state index in [1.54, 1.807) is 0 Å². The minimum absolute atomic E-state index is 0.0621. The summed E-state index contributed by atoms with van der Waals surface area (Å²) in [6, 6.07) is 9.47. The highest BCUT2D eigenvalue weighted by atomic mass is 16.5. The van der Waals surface area contributed by atoms with Crippen molar-refractivity contribution in [2.75, 3.05) is 44.3 Å². The lowest BCUT2D eigenvalue weighted by Crippen LogP contribution is -2.49. The number of rotatable bonds is 6. The van der Waals surface area contributed by atoms with Crippen molar-refractivity contribution in [3.8, 4) is 5.75 Å². The van der Waals surface area contributed by atoms with E-state index in [2.05, 4.69) is 23.7 Å². The average Bonchev–Trinajstić information content (AvgIpc) is 3.31. The predicted molar refractivity (Wildman–Crippen MR) is 120 cm³/mol. The van der Waals surface area contributed by atoms with Crippen molar-refractivity contribution >= 4 is 11.7 Å². The van der Waals surface area contributed by atoms with Crippen molar-refractivity contribution in [1.29, 1.82) is 0 Å². The highest BCUT2D eigenvalue weighted by molar-refractivity contribution is 5.94. The van der Waals surface area contributed by atoms with Crippen LogP contribution in [0.3, 0.4) is 0 Å². The zero-order chi connectivity index (χ0) is 21.8. The Morgan fingerprint density at radius 1 is 1.16 bits per heavy atom. The zero-order valence-corrected chi connectivity index (χ0v) is 18.7. The van der Waals surface area contributed by atoms with Gasteiger partial charge in [0.2, 0.25) is 0 Å². The fourth-order valence-corrected chi connectivity index (χ4v) is 3.97. The van der Waals surface area contributed by atoms with Crippen molar-refractivity contribution in [2.45, 2.75) is 45.6 Å². The zero-order valence-electron chi connectivity index (χ0n) is 18.7. The topological polar surface area (TPSA) is 67.8 Å². The molecule has 4 rings (SSSR count). The highest BCUT2D eigenvalue weighted by Gasteiger charge is 2.24. The van der Waals surface area contributed by atoms with Crippen LogP contribution >= 0.6 is 0 Å². The van der Waals surface area contributed by atoms with E-state index in [0.717, 1.165) is 55.6 Å². The van der Waals surface area contributed by atoms with Gasteiger partial charge in [0.05, 0.1) is 6.10 Å². The summed E-state index contributed by atoms with van der Waals surface area (Å²) in [5.74, 6) is 2.95. The number of hydrogen-bond donors (Lipinski definition) is 0. The molecule has 2 fully saturated rings. The van der Waals surface area contributed by atoms with Crippen molar-refractivity contribution in [1.82, 2.24) is 14.9 Å². The van der Waals surface area contributed by atoms with Crippen LogP contribution in [0, 0.1) is 6.92 Å². The Balaban J connectivity index is 1.32. The lowest BCUT2D eigenvalue weighted by molar-refractivity contribution is 0.0678. The summed E-state index contributed by atoms with van der Waals surface area (Å²) in [7, 11) is 0. The van der Waals surface area contributed by atoms with E-state index in [-0.39, 0.29) is 12.0 Å². The molecule has 31 heavy (non-hydrogen) atoms. The molecule has 0 unspecified atom stereocenters. The Morgan fingerprint density at radius 2 is 1.90 bits per heavy atom. The normalized spacial score (nSPS) is 19.2. The number of carbonyl (C=O) groups is 1. The number of aromatic nitrogens is 2. The van der Waals surface area contributed by atoms with Crippen LogP contribution in [-0.4, -0.2) is 66.3 Å². The fraction of sp³-hybridized carbons (Fsp3) is 0.542. The summed E-state index contributed by atoms with van der Waals surface area (Å²) in [5.41, 5.74) is 1.67. The second kappa shape index (κ2) is 9.64. The lowest BCUT2D eigenvalue weighted by atomic mass is 10.1. The summed E-state index contributed by atoms with van der Waals surface area (Å²) in [6.45, 7) is 10.5. The van der Waals surface area contributed by atoms with Crippen LogP contribution in [0.2, 0.25) is 0 Å². The van der Waals surface area contributed by atoms with E-state index in [9.17, 15) is 4.79 Å². The van der Waals surface area contributed by atoms with Crippen molar-refractivity contribution in [3.05, 3.63) is 47.4 Å². The summed E-state index contributed by atoms with van der Waals surface area (Å²) >= 11 is 0. The van der Waals surface area contributed by atoms with Gasteiger partial charge in [0.15, 0.2) is 0 Å². The molecule has 2 aromatic rings. The molecule has 166 valence electrons. The van der Waals surface area contributed by atoms with Gasteiger partial charge in [-0.25, -0.2) is 9.97 Å². The average molecular weight is 425 g/mol. The van der Waals surface area contributed by atoms with Gasteiger partial charge in [-0.1, -0.05) is 13.8 Å². The fourth-order valence-electron chi connectivity index (χ4n) is 3.97. The molecule has 0 radical (unpaired) electrons. The number of ether oxygens (including phenoxy) is 2. The Bertz CT molecular complexity index is 886. The molecular weight excluding hydrogens is 392 g/mol. The SMILES string of the molecule is Cc1cc(N2CCN(C(=O)c3ccc(OC[C@@H]4CCCO4)cc3)CC2)nc(C(C)C)n1. The van der Waals surface area contributed by atoms with Gasteiger partial charge in [0.25, 0.3) is 5.91 Å². The molecule has 2 aliphatic rings. The minimum atomic E-state index is 0.0621. The standard InChI is InChI=1S/C24H32N4O3/c1-17(2)23-25-18(3)15-22(26-23)27-10-12-28(13-11-27)24(29)19-6-8-20(9-7-19)31-16-21-5-4-14-30-21/h6-9,15,17,21H,4-5,10-14,16H2,1-3H3/t21-/m0/s1. The Morgan fingerprint density at radius 3 is 2.55 bits per heavy atom. The van der Waals surface area contributed by atoms with Crippen LogP contribution in [0.25, 0.3) is 0 Å². The maximum Gasteiger partial charge on any atom is 0.253 e. The van der Waals surface area contributed by atoms with Gasteiger partial charge in [-0.3, -0.25) is 4.79 Å². The van der Waals surface area contributed by atoms with E-state index < -0.39 is 0 Å². The van der Waals surface area contributed by atoms with Crippen molar-refractivity contribution in [2.24, 2.45) is 0 Å². The molecule has 2 saturated heterocycles. The molecule has 1 amide bonds. The molecule has 0 aliphatic carbocycles. The van der Waals surface area contributed by atoms with Crippen LogP contribution in [0.15, 0.2) is 30.3 Å². The van der Waals surface area contributed by atoms with Crippen molar-refractivity contribution < 1.29 is 14.3 Å². The predicted octanol–water partition coefficient (Wildman–Crippen LogP) is 3.43. The third-order valence-electron chi connectivity index (χ3n) is 5.83. The Hall–Kier alpha value is -2.67. The lowest BCUT2D eigenvalue weighted by Gasteiger charge is -2.35. The first-order chi connectivity index (χ1) is 15.0. The van der Waals surface area contributed by atoms with Gasteiger partial charge in [0, 0.05) is 56.0 Å². The summed E-state index contributed by atoms with van der Waals surface area (Å²) in [4.78, 5) is 26.4. The van der Waals surface area contributed by atoms with Crippen molar-refractivity contribution in [3.63, 3.8) is 0 Å². The molecule has 1 atom stereocenters. The molecule has 3 heterocycles. The molecule has 7 heteroatoms. The first-order valence-electron chi connectivity index (χ1n) is 11.2. The molecule has 1 aromatic heterocycles. The third kappa shape index (κ3) is 5.34. The smallest absolute Gasteiger partial charge is 0.253 e. The monoisotopic (exact) mass is 424 g/mol. The summed E-state index contributed by atoms with van der Waals surface area (Å²) in [6.07, 6.45) is 2.34. The van der Waals surface area contributed by atoms with Crippen LogP contribution in [-0.2, 0) is 4.74 Å². The minimum Gasteiger partial charge on any atom is -0.491 e. The second-order valence-electron chi connectivity index (χ2n) is 8.63. The highest BCUT2D eigenvalue weighted by Crippen LogP contribution is 2.21. The maximum atomic E-state index is 12.9. The molecule has 0 saturated carbocycles. The Kier molecular flexibility index (Phi) is 6.70. The van der Waals surface area contributed by atoms with E-state index >= 15 is 0 Å². The number of nitrogens with zero attached hydrogens (tertiary/aromatic N) is 4. The van der Waals surface area contributed by atoms with E-state index in [1.165, 1.54) is 0 Å². The number of anilines is 1. The number of amides is 1. The molecule has 2 aliphatic heterocycles. The first-order valence-corrected chi connectivity index (χ1v) is 11.2. The van der Waals surface area contributed by atoms with Gasteiger partial charge in [-0.15, -0.1) is 0 Å². The number of aryl methyl sites for hydroxylation is 1. The van der Waals surface area contributed by atoms with Gasteiger partial charge >= 0.3 is 0 Å². The Labute approximate surface area is 184 Å². The van der Waals surface area contributed by atoms with E-state index in [1.807, 2.05) is 42.2 Å². The summed E-state index contributed by atoms with van der Waals surface area (Å²) < 4.78 is 11.4. The first kappa shape index (κ1) is 21.6. The number of carbonyl (C=O) groups excluding carboxylic acids is 1. The second-order valence-corrected chi connectivity index (χ2v) is 8.63. The molecule has 0 spiro atoms. The quantitative estimate of drug-likeness (QED) is 0.708. The molecule has 1 aromatic carbocycles. The van der Waals surface area contributed by atoms with Gasteiger partial charge in [-0.05, 0) is 44.0 Å². The van der Waals surface area contributed by atoms with Crippen LogP contribution in [0.1, 0.15) is 54.5 Å². The number of benzene rings is 1. The maximum absolute atomic E-state index is 12.9. The third-order valence-corrected chi connectivity index (χ3v) is 5.83. The van der Waals surface area contributed by atoms with Crippen LogP contribution in [0.4, 0.5) is 5.82 Å². The van der Waals surface area contributed by atoms with E-state index in [4.69, 9.17) is 14.5 Å². The van der Waals surface area contributed by atoms with Gasteiger partial charge < -0.3 is 19.3 Å². The molecule has 0 bridgehead atoms. The van der Waals surface area contributed by atoms with Gasteiger partial charge in [-0.2, -0.15) is 0 Å². The van der Waals surface area contributed by atoms with Crippen LogP contribution < -0.4 is 9.64 Å². The number of piperazine rings is 1. The van der Waals surface area contributed by atoms with Gasteiger partial charge in [0.1, 0.15) is 24.0 Å². The largest absolute Gasteiger partial charge is 0.491 e. The molecule has 7 nitrogen and oxygen atoms in total. The molecular formula is C24H32N4O3. The van der Waals surface area contributed by atoms with Crippen LogP contribution in [0.5, 0.6) is 5.75 Å². The number of hydrogen-bond acceptors (Lipinski definition) is 6. The summed E-state index contributed by atoms with van der Waals surface area (Å²) in [5, 5.41) is 0.